The monoisotopic (exact) mass is 407 g/mol. The molecule has 4 atom stereocenters. The summed E-state index contributed by atoms with van der Waals surface area (Å²) in [6.07, 6.45) is -0.742. The van der Waals surface area contributed by atoms with Crippen LogP contribution in [0.5, 0.6) is 0 Å². The van der Waals surface area contributed by atoms with Crippen LogP contribution in [0.2, 0.25) is 18.1 Å². The molecule has 1 aromatic carbocycles. The number of ether oxygens (including phenoxy) is 1. The zero-order valence-corrected chi connectivity index (χ0v) is 19.4. The molecule has 2 aliphatic rings. The minimum Gasteiger partial charge on any atom is -0.414 e. The molecule has 3 rings (SSSR count). The van der Waals surface area contributed by atoms with E-state index >= 15 is 0 Å². The summed E-state index contributed by atoms with van der Waals surface area (Å²) in [5.74, 6) is -0.0476. The fraction of sp³-hybridized carbons (Fsp3) is 0.727. The van der Waals surface area contributed by atoms with Crippen LogP contribution in [0.4, 0.5) is 0 Å². The van der Waals surface area contributed by atoms with Crippen molar-refractivity contribution in [3.8, 4) is 0 Å². The average molecular weight is 408 g/mol. The molecule has 5 nitrogen and oxygen atoms in total. The summed E-state index contributed by atoms with van der Waals surface area (Å²) in [4.78, 5) is 6.13. The highest BCUT2D eigenvalue weighted by Gasteiger charge is 2.55. The SMILES string of the molecule is CC1(C)O[C@H](CO[Si](C)(C)C(C)(C)C)[C@H]2[C@@H](O)[C@@H]1CON2Cc1ccccc1. The van der Waals surface area contributed by atoms with Crippen LogP contribution in [0, 0.1) is 5.92 Å². The minimum absolute atomic E-state index is 0.0476. The summed E-state index contributed by atoms with van der Waals surface area (Å²) in [5.41, 5.74) is 0.706. The first-order valence-corrected chi connectivity index (χ1v) is 13.3. The lowest BCUT2D eigenvalue weighted by Crippen LogP contribution is -2.69. The Kier molecular flexibility index (Phi) is 6.12. The van der Waals surface area contributed by atoms with Crippen LogP contribution in [-0.2, 0) is 20.5 Å². The summed E-state index contributed by atoms with van der Waals surface area (Å²) in [5, 5.41) is 13.2. The maximum Gasteiger partial charge on any atom is 0.192 e. The van der Waals surface area contributed by atoms with Crippen LogP contribution in [0.1, 0.15) is 40.2 Å². The van der Waals surface area contributed by atoms with Crippen molar-refractivity contribution in [2.75, 3.05) is 13.2 Å². The van der Waals surface area contributed by atoms with Crippen molar-refractivity contribution in [2.24, 2.45) is 5.92 Å². The van der Waals surface area contributed by atoms with Crippen LogP contribution in [0.3, 0.4) is 0 Å². The van der Waals surface area contributed by atoms with Crippen LogP contribution < -0.4 is 0 Å². The van der Waals surface area contributed by atoms with Crippen molar-refractivity contribution in [2.45, 2.75) is 83.1 Å². The van der Waals surface area contributed by atoms with Gasteiger partial charge in [-0.3, -0.25) is 4.84 Å². The highest BCUT2D eigenvalue weighted by molar-refractivity contribution is 6.74. The number of hydrogen-bond acceptors (Lipinski definition) is 5. The van der Waals surface area contributed by atoms with E-state index in [9.17, 15) is 5.11 Å². The van der Waals surface area contributed by atoms with Gasteiger partial charge in [-0.05, 0) is 37.5 Å². The van der Waals surface area contributed by atoms with Gasteiger partial charge in [-0.15, -0.1) is 0 Å². The van der Waals surface area contributed by atoms with Crippen molar-refractivity contribution in [1.82, 2.24) is 5.06 Å². The second-order valence-corrected chi connectivity index (χ2v) is 15.1. The molecule has 2 saturated heterocycles. The molecule has 0 unspecified atom stereocenters. The third-order valence-corrected chi connectivity index (χ3v) is 11.3. The van der Waals surface area contributed by atoms with E-state index in [-0.39, 0.29) is 23.1 Å². The summed E-state index contributed by atoms with van der Waals surface area (Å²) < 4.78 is 13.0. The predicted molar refractivity (Wildman–Crippen MR) is 113 cm³/mol. The highest BCUT2D eigenvalue weighted by atomic mass is 28.4. The second kappa shape index (κ2) is 7.82. The van der Waals surface area contributed by atoms with Gasteiger partial charge >= 0.3 is 0 Å². The molecular formula is C22H37NO4Si. The second-order valence-electron chi connectivity index (χ2n) is 10.3. The fourth-order valence-electron chi connectivity index (χ4n) is 3.89. The van der Waals surface area contributed by atoms with Gasteiger partial charge in [0.05, 0.1) is 31.0 Å². The molecule has 158 valence electrons. The molecule has 1 aromatic rings. The van der Waals surface area contributed by atoms with Gasteiger partial charge in [-0.2, -0.15) is 5.06 Å². The number of rotatable bonds is 5. The van der Waals surface area contributed by atoms with Gasteiger partial charge in [0, 0.05) is 12.5 Å². The van der Waals surface area contributed by atoms with Crippen molar-refractivity contribution < 1.29 is 19.1 Å². The molecule has 1 N–H and O–H groups in total. The van der Waals surface area contributed by atoms with Crippen LogP contribution in [0.15, 0.2) is 30.3 Å². The Morgan fingerprint density at radius 3 is 2.46 bits per heavy atom. The lowest BCUT2D eigenvalue weighted by molar-refractivity contribution is -0.349. The normalized spacial score (nSPS) is 31.0. The molecule has 0 saturated carbocycles. The van der Waals surface area contributed by atoms with Crippen molar-refractivity contribution in [1.29, 1.82) is 0 Å². The standard InChI is InChI=1S/C22H37NO4Si/c1-21(2,3)28(6,7)26-15-18-19-20(24)17(22(4,5)27-18)14-25-23(19)13-16-11-9-8-10-12-16/h8-12,17-20,24H,13-15H2,1-7H3/t17-,18+,19-,20-/m0/s1. The first-order chi connectivity index (χ1) is 12.9. The molecule has 6 heteroatoms. The van der Waals surface area contributed by atoms with Crippen molar-refractivity contribution in [3.05, 3.63) is 35.9 Å². The lowest BCUT2D eigenvalue weighted by Gasteiger charge is -2.56. The number of benzene rings is 1. The molecule has 0 aromatic heterocycles. The first-order valence-electron chi connectivity index (χ1n) is 10.4. The molecule has 2 aliphatic heterocycles. The number of aliphatic hydroxyl groups is 1. The van der Waals surface area contributed by atoms with Gasteiger partial charge in [0.2, 0.25) is 0 Å². The van der Waals surface area contributed by atoms with Crippen LogP contribution in [0.25, 0.3) is 0 Å². The maximum atomic E-state index is 11.2. The number of fused-ring (bicyclic) bond motifs is 2. The zero-order valence-electron chi connectivity index (χ0n) is 18.4. The van der Waals surface area contributed by atoms with Gasteiger partial charge in [0.1, 0.15) is 6.10 Å². The minimum atomic E-state index is -1.92. The summed E-state index contributed by atoms with van der Waals surface area (Å²) in [7, 11) is -1.92. The molecule has 0 aliphatic carbocycles. The number of nitrogens with zero attached hydrogens (tertiary/aromatic N) is 1. The Bertz CT molecular complexity index is 658. The van der Waals surface area contributed by atoms with E-state index in [0.29, 0.717) is 19.8 Å². The molecule has 0 amide bonds. The Balaban J connectivity index is 1.80. The van der Waals surface area contributed by atoms with Crippen molar-refractivity contribution in [3.63, 3.8) is 0 Å². The Morgan fingerprint density at radius 1 is 1.21 bits per heavy atom. The Morgan fingerprint density at radius 2 is 1.86 bits per heavy atom. The third kappa shape index (κ3) is 4.37. The molecule has 0 spiro atoms. The van der Waals surface area contributed by atoms with E-state index in [1.807, 2.05) is 37.1 Å². The molecular weight excluding hydrogens is 370 g/mol. The predicted octanol–water partition coefficient (Wildman–Crippen LogP) is 3.98. The molecule has 2 fully saturated rings. The van der Waals surface area contributed by atoms with Gasteiger partial charge in [0.15, 0.2) is 8.32 Å². The number of hydroxylamine groups is 2. The van der Waals surface area contributed by atoms with Crippen molar-refractivity contribution >= 4 is 8.32 Å². The first kappa shape index (κ1) is 21.9. The van der Waals surface area contributed by atoms with E-state index in [2.05, 4.69) is 46.0 Å². The van der Waals surface area contributed by atoms with Gasteiger partial charge in [-0.1, -0.05) is 51.1 Å². The van der Waals surface area contributed by atoms with E-state index in [4.69, 9.17) is 14.0 Å². The van der Waals surface area contributed by atoms with E-state index in [1.165, 1.54) is 0 Å². The van der Waals surface area contributed by atoms with Crippen LogP contribution >= 0.6 is 0 Å². The maximum absolute atomic E-state index is 11.2. The topological polar surface area (TPSA) is 51.2 Å². The quantitative estimate of drug-likeness (QED) is 0.748. The fourth-order valence-corrected chi connectivity index (χ4v) is 4.90. The lowest BCUT2D eigenvalue weighted by atomic mass is 9.77. The van der Waals surface area contributed by atoms with Gasteiger partial charge in [-0.25, -0.2) is 0 Å². The molecule has 28 heavy (non-hydrogen) atoms. The summed E-state index contributed by atoms with van der Waals surface area (Å²) in [6.45, 7) is 16.9. The Hall–Kier alpha value is -0.763. The van der Waals surface area contributed by atoms with Crippen LogP contribution in [-0.4, -0.2) is 55.6 Å². The Labute approximate surface area is 171 Å². The van der Waals surface area contributed by atoms with E-state index in [0.717, 1.165) is 5.56 Å². The average Bonchev–Trinajstić information content (AvgIpc) is 2.58. The van der Waals surface area contributed by atoms with E-state index in [1.54, 1.807) is 0 Å². The summed E-state index contributed by atoms with van der Waals surface area (Å²) in [6, 6.07) is 9.98. The highest BCUT2D eigenvalue weighted by Crippen LogP contribution is 2.42. The van der Waals surface area contributed by atoms with E-state index < -0.39 is 20.0 Å². The molecule has 2 bridgehead atoms. The van der Waals surface area contributed by atoms with Gasteiger partial charge in [0.25, 0.3) is 0 Å². The number of hydrogen-bond donors (Lipinski definition) is 1. The molecule has 0 radical (unpaired) electrons. The number of aliphatic hydroxyl groups excluding tert-OH is 1. The molecule has 2 heterocycles. The zero-order chi connectivity index (χ0) is 20.7. The third-order valence-electron chi connectivity index (χ3n) is 6.84. The largest absolute Gasteiger partial charge is 0.414 e. The smallest absolute Gasteiger partial charge is 0.192 e. The van der Waals surface area contributed by atoms with Gasteiger partial charge < -0.3 is 14.3 Å². The summed E-state index contributed by atoms with van der Waals surface area (Å²) >= 11 is 0.